The molecule has 0 atom stereocenters. The van der Waals surface area contributed by atoms with E-state index in [0.29, 0.717) is 10.7 Å². The lowest BCUT2D eigenvalue weighted by molar-refractivity contribution is -0.128. The Bertz CT molecular complexity index is 449. The SMILES string of the molecule is O=C1CC(=O)N(c2ccc(Cl)cc2)C(=O)N1. The van der Waals surface area contributed by atoms with Gasteiger partial charge in [0.25, 0.3) is 0 Å². The highest BCUT2D eigenvalue weighted by molar-refractivity contribution is 6.31. The van der Waals surface area contributed by atoms with E-state index in [0.717, 1.165) is 4.90 Å². The molecule has 0 unspecified atom stereocenters. The normalized spacial score (nSPS) is 16.3. The Balaban J connectivity index is 2.32. The van der Waals surface area contributed by atoms with Gasteiger partial charge in [-0.3, -0.25) is 14.9 Å². The molecule has 1 aromatic carbocycles. The zero-order chi connectivity index (χ0) is 11.7. The molecule has 4 amide bonds. The van der Waals surface area contributed by atoms with Crippen molar-refractivity contribution in [1.29, 1.82) is 0 Å². The summed E-state index contributed by atoms with van der Waals surface area (Å²) in [6.45, 7) is 0. The molecule has 0 radical (unpaired) electrons. The molecule has 1 aromatic rings. The maximum absolute atomic E-state index is 11.5. The Labute approximate surface area is 96.0 Å². The molecule has 1 aliphatic heterocycles. The second-order valence-electron chi connectivity index (χ2n) is 3.24. The molecule has 0 saturated carbocycles. The van der Waals surface area contributed by atoms with E-state index in [-0.39, 0.29) is 6.42 Å². The predicted molar refractivity (Wildman–Crippen MR) is 57.1 cm³/mol. The number of halogens is 1. The maximum Gasteiger partial charge on any atom is 0.335 e. The molecule has 1 heterocycles. The van der Waals surface area contributed by atoms with E-state index in [9.17, 15) is 14.4 Å². The number of carbonyl (C=O) groups excluding carboxylic acids is 3. The fourth-order valence-electron chi connectivity index (χ4n) is 1.40. The molecule has 0 aromatic heterocycles. The topological polar surface area (TPSA) is 66.5 Å². The van der Waals surface area contributed by atoms with E-state index in [1.54, 1.807) is 12.1 Å². The van der Waals surface area contributed by atoms with Crippen LogP contribution in [-0.4, -0.2) is 17.8 Å². The van der Waals surface area contributed by atoms with Crippen molar-refractivity contribution >= 4 is 35.1 Å². The van der Waals surface area contributed by atoms with Crippen LogP contribution in [0.4, 0.5) is 10.5 Å². The summed E-state index contributed by atoms with van der Waals surface area (Å²) in [6, 6.07) is 5.47. The number of nitrogens with zero attached hydrogens (tertiary/aromatic N) is 1. The number of barbiturate groups is 1. The zero-order valence-electron chi connectivity index (χ0n) is 8.07. The third kappa shape index (κ3) is 1.90. The van der Waals surface area contributed by atoms with Crippen LogP contribution in [-0.2, 0) is 9.59 Å². The molecule has 0 bridgehead atoms. The Kier molecular flexibility index (Phi) is 2.62. The Morgan fingerprint density at radius 2 is 1.75 bits per heavy atom. The monoisotopic (exact) mass is 238 g/mol. The number of rotatable bonds is 1. The first-order valence-corrected chi connectivity index (χ1v) is 4.88. The van der Waals surface area contributed by atoms with Gasteiger partial charge >= 0.3 is 6.03 Å². The van der Waals surface area contributed by atoms with Crippen molar-refractivity contribution in [1.82, 2.24) is 5.32 Å². The van der Waals surface area contributed by atoms with Crippen molar-refractivity contribution < 1.29 is 14.4 Å². The van der Waals surface area contributed by atoms with E-state index in [1.807, 2.05) is 0 Å². The molecule has 2 rings (SSSR count). The fraction of sp³-hybridized carbons (Fsp3) is 0.100. The van der Waals surface area contributed by atoms with Crippen molar-refractivity contribution in [2.24, 2.45) is 0 Å². The van der Waals surface area contributed by atoms with Crippen LogP contribution < -0.4 is 10.2 Å². The molecule has 1 N–H and O–H groups in total. The summed E-state index contributed by atoms with van der Waals surface area (Å²) >= 11 is 5.69. The lowest BCUT2D eigenvalue weighted by Gasteiger charge is -2.24. The van der Waals surface area contributed by atoms with Gasteiger partial charge in [0.15, 0.2) is 0 Å². The number of hydrogen-bond donors (Lipinski definition) is 1. The smallest absolute Gasteiger partial charge is 0.277 e. The van der Waals surface area contributed by atoms with E-state index < -0.39 is 17.8 Å². The van der Waals surface area contributed by atoms with Crippen LogP contribution >= 0.6 is 11.6 Å². The minimum atomic E-state index is -0.733. The minimum Gasteiger partial charge on any atom is -0.277 e. The molecule has 0 spiro atoms. The van der Waals surface area contributed by atoms with Gasteiger partial charge in [-0.05, 0) is 24.3 Å². The summed E-state index contributed by atoms with van der Waals surface area (Å²) in [6.07, 6.45) is -0.325. The van der Waals surface area contributed by atoms with Crippen LogP contribution in [0.1, 0.15) is 6.42 Å². The van der Waals surface area contributed by atoms with Crippen molar-refractivity contribution in [2.75, 3.05) is 4.90 Å². The number of amides is 4. The van der Waals surface area contributed by atoms with Gasteiger partial charge in [-0.1, -0.05) is 11.6 Å². The van der Waals surface area contributed by atoms with Crippen LogP contribution in [0.25, 0.3) is 0 Å². The second-order valence-corrected chi connectivity index (χ2v) is 3.67. The van der Waals surface area contributed by atoms with Crippen LogP contribution in [0.15, 0.2) is 24.3 Å². The summed E-state index contributed by atoms with van der Waals surface area (Å²) in [5.41, 5.74) is 0.388. The zero-order valence-corrected chi connectivity index (χ0v) is 8.82. The first kappa shape index (κ1) is 10.6. The molecule has 5 nitrogen and oxygen atoms in total. The Hall–Kier alpha value is -1.88. The number of carbonyl (C=O) groups is 3. The summed E-state index contributed by atoms with van der Waals surface area (Å²) < 4.78 is 0. The first-order valence-electron chi connectivity index (χ1n) is 4.50. The van der Waals surface area contributed by atoms with E-state index in [2.05, 4.69) is 5.32 Å². The van der Waals surface area contributed by atoms with Crippen molar-refractivity contribution in [2.45, 2.75) is 6.42 Å². The number of nitrogens with one attached hydrogen (secondary N) is 1. The number of benzene rings is 1. The molecular formula is C10H7ClN2O3. The fourth-order valence-corrected chi connectivity index (χ4v) is 1.53. The van der Waals surface area contributed by atoms with Crippen LogP contribution in [0.3, 0.4) is 0 Å². The van der Waals surface area contributed by atoms with Gasteiger partial charge in [0.1, 0.15) is 6.42 Å². The van der Waals surface area contributed by atoms with Gasteiger partial charge in [0, 0.05) is 5.02 Å². The molecule has 6 heteroatoms. The lowest BCUT2D eigenvalue weighted by Crippen LogP contribution is -2.52. The minimum absolute atomic E-state index is 0.325. The third-order valence-electron chi connectivity index (χ3n) is 2.10. The number of hydrogen-bond acceptors (Lipinski definition) is 3. The van der Waals surface area contributed by atoms with Gasteiger partial charge in [0.05, 0.1) is 5.69 Å². The van der Waals surface area contributed by atoms with Crippen molar-refractivity contribution in [3.05, 3.63) is 29.3 Å². The highest BCUT2D eigenvalue weighted by Gasteiger charge is 2.31. The lowest BCUT2D eigenvalue weighted by atomic mass is 10.2. The largest absolute Gasteiger partial charge is 0.335 e. The van der Waals surface area contributed by atoms with Gasteiger partial charge in [-0.15, -0.1) is 0 Å². The Morgan fingerprint density at radius 3 is 2.31 bits per heavy atom. The summed E-state index contributed by atoms with van der Waals surface area (Å²) in [5.74, 6) is -1.13. The van der Waals surface area contributed by atoms with E-state index >= 15 is 0 Å². The third-order valence-corrected chi connectivity index (χ3v) is 2.35. The Morgan fingerprint density at radius 1 is 1.12 bits per heavy atom. The second kappa shape index (κ2) is 3.94. The number of anilines is 1. The summed E-state index contributed by atoms with van der Waals surface area (Å²) in [7, 11) is 0. The number of imide groups is 2. The molecule has 1 aliphatic rings. The molecule has 16 heavy (non-hydrogen) atoms. The van der Waals surface area contributed by atoms with E-state index in [1.165, 1.54) is 12.1 Å². The van der Waals surface area contributed by atoms with Crippen LogP contribution in [0.2, 0.25) is 5.02 Å². The molecule has 82 valence electrons. The van der Waals surface area contributed by atoms with Gasteiger partial charge < -0.3 is 0 Å². The number of urea groups is 1. The summed E-state index contributed by atoms with van der Waals surface area (Å²) in [5, 5.41) is 2.57. The van der Waals surface area contributed by atoms with E-state index in [4.69, 9.17) is 11.6 Å². The average Bonchev–Trinajstić information content (AvgIpc) is 2.19. The van der Waals surface area contributed by atoms with Crippen LogP contribution in [0.5, 0.6) is 0 Å². The highest BCUT2D eigenvalue weighted by atomic mass is 35.5. The van der Waals surface area contributed by atoms with Gasteiger partial charge in [0.2, 0.25) is 11.8 Å². The molecule has 1 saturated heterocycles. The van der Waals surface area contributed by atoms with Crippen molar-refractivity contribution in [3.63, 3.8) is 0 Å². The predicted octanol–water partition coefficient (Wildman–Crippen LogP) is 1.31. The average molecular weight is 239 g/mol. The van der Waals surface area contributed by atoms with Gasteiger partial charge in [-0.25, -0.2) is 9.69 Å². The van der Waals surface area contributed by atoms with Crippen molar-refractivity contribution in [3.8, 4) is 0 Å². The standard InChI is InChI=1S/C10H7ClN2O3/c11-6-1-3-7(4-2-6)13-9(15)5-8(14)12-10(13)16/h1-4H,5H2,(H,12,14,16). The molecule has 0 aliphatic carbocycles. The van der Waals surface area contributed by atoms with Gasteiger partial charge in [-0.2, -0.15) is 0 Å². The summed E-state index contributed by atoms with van der Waals surface area (Å²) in [4.78, 5) is 34.8. The van der Waals surface area contributed by atoms with Crippen LogP contribution in [0, 0.1) is 0 Å². The maximum atomic E-state index is 11.5. The molecular weight excluding hydrogens is 232 g/mol. The molecule has 1 fully saturated rings. The quantitative estimate of drug-likeness (QED) is 0.751. The highest BCUT2D eigenvalue weighted by Crippen LogP contribution is 2.20. The first-order chi connectivity index (χ1) is 7.58.